The number of rotatable bonds is 4. The topological polar surface area (TPSA) is 78.7 Å². The summed E-state index contributed by atoms with van der Waals surface area (Å²) in [5.41, 5.74) is -0.0445. The molecule has 0 unspecified atom stereocenters. The molecule has 7 nitrogen and oxygen atoms in total. The third kappa shape index (κ3) is 4.18. The van der Waals surface area contributed by atoms with E-state index in [-0.39, 0.29) is 18.0 Å². The summed E-state index contributed by atoms with van der Waals surface area (Å²) in [6.07, 6.45) is 6.02. The summed E-state index contributed by atoms with van der Waals surface area (Å²) in [7, 11) is 0. The van der Waals surface area contributed by atoms with Gasteiger partial charge in [-0.2, -0.15) is 0 Å². The Labute approximate surface area is 181 Å². The van der Waals surface area contributed by atoms with Crippen molar-refractivity contribution in [3.8, 4) is 0 Å². The number of carbonyl (C=O) groups excluding carboxylic acids is 1. The zero-order chi connectivity index (χ0) is 21.5. The molecule has 1 atom stereocenters. The predicted molar refractivity (Wildman–Crippen MR) is 119 cm³/mol. The number of nitrogens with zero attached hydrogens (tertiary/aromatic N) is 4. The summed E-state index contributed by atoms with van der Waals surface area (Å²) in [5.74, 6) is 0.196. The number of aryl methyl sites for hydroxylation is 2. The SMILES string of the molecule is Cc1sc2ncn(CC3(O)CCN(CC(=O)N4CCCC[C@@H]4C)CC3)c(=O)c2c1C. The smallest absolute Gasteiger partial charge is 0.262 e. The molecular weight excluding hydrogens is 400 g/mol. The van der Waals surface area contributed by atoms with Crippen LogP contribution >= 0.6 is 11.3 Å². The van der Waals surface area contributed by atoms with Crippen molar-refractivity contribution in [1.82, 2.24) is 19.4 Å². The Hall–Kier alpha value is -1.77. The molecule has 4 heterocycles. The molecule has 2 aliphatic heterocycles. The molecule has 8 heteroatoms. The Bertz CT molecular complexity index is 990. The highest BCUT2D eigenvalue weighted by molar-refractivity contribution is 7.18. The lowest BCUT2D eigenvalue weighted by Gasteiger charge is -2.40. The molecule has 4 rings (SSSR count). The Balaban J connectivity index is 1.39. The van der Waals surface area contributed by atoms with Crippen molar-refractivity contribution >= 4 is 27.5 Å². The molecule has 0 saturated carbocycles. The van der Waals surface area contributed by atoms with Crippen LogP contribution in [0.15, 0.2) is 11.1 Å². The van der Waals surface area contributed by atoms with Crippen LogP contribution in [0.2, 0.25) is 0 Å². The number of aromatic nitrogens is 2. The van der Waals surface area contributed by atoms with Gasteiger partial charge in [0.1, 0.15) is 4.83 Å². The highest BCUT2D eigenvalue weighted by atomic mass is 32.1. The van der Waals surface area contributed by atoms with E-state index in [4.69, 9.17) is 0 Å². The quantitative estimate of drug-likeness (QED) is 0.802. The number of thiophene rings is 1. The van der Waals surface area contributed by atoms with E-state index in [1.54, 1.807) is 10.9 Å². The summed E-state index contributed by atoms with van der Waals surface area (Å²) >= 11 is 1.53. The Morgan fingerprint density at radius 3 is 2.70 bits per heavy atom. The summed E-state index contributed by atoms with van der Waals surface area (Å²) in [4.78, 5) is 36.1. The van der Waals surface area contributed by atoms with Gasteiger partial charge in [-0.05, 0) is 58.4 Å². The van der Waals surface area contributed by atoms with E-state index in [9.17, 15) is 14.7 Å². The van der Waals surface area contributed by atoms with Crippen molar-refractivity contribution in [2.45, 2.75) is 71.1 Å². The normalized spacial score (nSPS) is 22.5. The highest BCUT2D eigenvalue weighted by Gasteiger charge is 2.35. The van der Waals surface area contributed by atoms with Gasteiger partial charge in [-0.3, -0.25) is 19.1 Å². The first-order chi connectivity index (χ1) is 14.3. The van der Waals surface area contributed by atoms with Crippen molar-refractivity contribution < 1.29 is 9.90 Å². The van der Waals surface area contributed by atoms with Crippen molar-refractivity contribution in [2.75, 3.05) is 26.2 Å². The van der Waals surface area contributed by atoms with E-state index < -0.39 is 5.60 Å². The second-order valence-electron chi connectivity index (χ2n) is 9.07. The lowest BCUT2D eigenvalue weighted by Crippen LogP contribution is -2.52. The second-order valence-corrected chi connectivity index (χ2v) is 10.3. The van der Waals surface area contributed by atoms with E-state index in [2.05, 4.69) is 16.8 Å². The zero-order valence-electron chi connectivity index (χ0n) is 18.2. The first-order valence-electron chi connectivity index (χ1n) is 11.0. The molecule has 2 aromatic heterocycles. The first kappa shape index (κ1) is 21.5. The largest absolute Gasteiger partial charge is 0.388 e. The van der Waals surface area contributed by atoms with Gasteiger partial charge >= 0.3 is 0 Å². The number of fused-ring (bicyclic) bond motifs is 1. The van der Waals surface area contributed by atoms with Crippen molar-refractivity contribution in [3.05, 3.63) is 27.1 Å². The zero-order valence-corrected chi connectivity index (χ0v) is 19.0. The highest BCUT2D eigenvalue weighted by Crippen LogP contribution is 2.27. The molecule has 0 spiro atoms. The van der Waals surface area contributed by atoms with Crippen molar-refractivity contribution in [1.29, 1.82) is 0 Å². The molecule has 1 N–H and O–H groups in total. The molecule has 1 amide bonds. The fourth-order valence-corrected chi connectivity index (χ4v) is 5.72. The average molecular weight is 433 g/mol. The number of piperidine rings is 2. The maximum atomic E-state index is 13.0. The molecule has 2 aliphatic rings. The van der Waals surface area contributed by atoms with E-state index >= 15 is 0 Å². The van der Waals surface area contributed by atoms with Crippen LogP contribution in [0.1, 0.15) is 49.5 Å². The third-order valence-electron chi connectivity index (χ3n) is 6.89. The minimum atomic E-state index is -0.948. The Kier molecular flexibility index (Phi) is 6.01. The van der Waals surface area contributed by atoms with Gasteiger partial charge in [0, 0.05) is 30.6 Å². The van der Waals surface area contributed by atoms with Crippen LogP contribution in [-0.2, 0) is 11.3 Å². The number of carbonyl (C=O) groups is 1. The monoisotopic (exact) mass is 432 g/mol. The van der Waals surface area contributed by atoms with Crippen molar-refractivity contribution in [2.24, 2.45) is 0 Å². The van der Waals surface area contributed by atoms with Crippen LogP contribution in [-0.4, -0.2) is 68.2 Å². The maximum absolute atomic E-state index is 13.0. The van der Waals surface area contributed by atoms with E-state index in [1.165, 1.54) is 17.8 Å². The van der Waals surface area contributed by atoms with E-state index in [1.807, 2.05) is 18.7 Å². The molecule has 0 aliphatic carbocycles. The molecule has 0 radical (unpaired) electrons. The minimum absolute atomic E-state index is 0.0769. The molecular formula is C22H32N4O3S. The fraction of sp³-hybridized carbons (Fsp3) is 0.682. The van der Waals surface area contributed by atoms with Crippen LogP contribution in [0.3, 0.4) is 0 Å². The number of likely N-dealkylation sites (tertiary alicyclic amines) is 2. The lowest BCUT2D eigenvalue weighted by atomic mass is 9.91. The number of amides is 1. The summed E-state index contributed by atoms with van der Waals surface area (Å²) < 4.78 is 1.55. The van der Waals surface area contributed by atoms with Gasteiger partial charge in [0.05, 0.1) is 30.4 Å². The summed E-state index contributed by atoms with van der Waals surface area (Å²) in [5, 5.41) is 11.8. The number of hydrogen-bond donors (Lipinski definition) is 1. The van der Waals surface area contributed by atoms with Crippen LogP contribution in [0.4, 0.5) is 0 Å². The van der Waals surface area contributed by atoms with Crippen LogP contribution in [0.5, 0.6) is 0 Å². The van der Waals surface area contributed by atoms with Gasteiger partial charge in [0.25, 0.3) is 5.56 Å². The molecule has 2 aromatic rings. The van der Waals surface area contributed by atoms with Crippen LogP contribution in [0, 0.1) is 13.8 Å². The van der Waals surface area contributed by atoms with Gasteiger partial charge < -0.3 is 10.0 Å². The number of hydrogen-bond acceptors (Lipinski definition) is 6. The van der Waals surface area contributed by atoms with Gasteiger partial charge in [-0.1, -0.05) is 0 Å². The van der Waals surface area contributed by atoms with Gasteiger partial charge in [0.15, 0.2) is 0 Å². The van der Waals surface area contributed by atoms with E-state index in [0.29, 0.717) is 43.9 Å². The molecule has 30 heavy (non-hydrogen) atoms. The first-order valence-corrected chi connectivity index (χ1v) is 11.8. The molecule has 164 valence electrons. The minimum Gasteiger partial charge on any atom is -0.388 e. The third-order valence-corrected chi connectivity index (χ3v) is 8.00. The van der Waals surface area contributed by atoms with Gasteiger partial charge in [-0.15, -0.1) is 11.3 Å². The maximum Gasteiger partial charge on any atom is 0.262 e. The average Bonchev–Trinajstić information content (AvgIpc) is 3.01. The van der Waals surface area contributed by atoms with Gasteiger partial charge in [0.2, 0.25) is 5.91 Å². The van der Waals surface area contributed by atoms with E-state index in [0.717, 1.165) is 34.7 Å². The molecule has 2 saturated heterocycles. The molecule has 0 aromatic carbocycles. The summed E-state index contributed by atoms with van der Waals surface area (Å²) in [6.45, 7) is 8.92. The Morgan fingerprint density at radius 1 is 1.27 bits per heavy atom. The van der Waals surface area contributed by atoms with Crippen molar-refractivity contribution in [3.63, 3.8) is 0 Å². The van der Waals surface area contributed by atoms with Gasteiger partial charge in [-0.25, -0.2) is 4.98 Å². The lowest BCUT2D eigenvalue weighted by molar-refractivity contribution is -0.137. The fourth-order valence-electron chi connectivity index (χ4n) is 4.74. The number of aliphatic hydroxyl groups is 1. The standard InChI is InChI=1S/C22H32N4O3S/c1-15-6-4-5-9-26(15)18(27)12-24-10-7-22(29,8-11-24)13-25-14-23-20-19(21(25)28)16(2)17(3)30-20/h14-15,29H,4-13H2,1-3H3/t15-/m0/s1. The molecule has 0 bridgehead atoms. The Morgan fingerprint density at radius 2 is 2.00 bits per heavy atom. The second kappa shape index (κ2) is 8.40. The summed E-state index contributed by atoms with van der Waals surface area (Å²) in [6, 6.07) is 0.325. The van der Waals surface area contributed by atoms with Crippen LogP contribution in [0.25, 0.3) is 10.2 Å². The van der Waals surface area contributed by atoms with Crippen LogP contribution < -0.4 is 5.56 Å². The predicted octanol–water partition coefficient (Wildman–Crippen LogP) is 2.30. The molecule has 2 fully saturated rings.